The van der Waals surface area contributed by atoms with Crippen molar-refractivity contribution < 1.29 is 4.42 Å². The van der Waals surface area contributed by atoms with Gasteiger partial charge in [0.05, 0.1) is 11.3 Å². The first-order chi connectivity index (χ1) is 8.66. The van der Waals surface area contributed by atoms with Crippen LogP contribution in [0.2, 0.25) is 5.02 Å². The minimum Gasteiger partial charge on any atom is -0.469 e. The fourth-order valence-corrected chi connectivity index (χ4v) is 2.13. The van der Waals surface area contributed by atoms with Crippen LogP contribution in [0, 0.1) is 0 Å². The van der Waals surface area contributed by atoms with Gasteiger partial charge in [-0.1, -0.05) is 23.8 Å². The number of nitrogens with one attached hydrogen (secondary N) is 1. The van der Waals surface area contributed by atoms with Gasteiger partial charge >= 0.3 is 0 Å². The van der Waals surface area contributed by atoms with E-state index >= 15 is 0 Å². The van der Waals surface area contributed by atoms with E-state index in [1.165, 1.54) is 0 Å². The van der Waals surface area contributed by atoms with Gasteiger partial charge in [0.1, 0.15) is 10.7 Å². The molecule has 94 valence electrons. The van der Waals surface area contributed by atoms with Crippen LogP contribution >= 0.6 is 23.8 Å². The number of halogens is 1. The van der Waals surface area contributed by atoms with Gasteiger partial charge in [0.15, 0.2) is 0 Å². The molecule has 0 atom stereocenters. The molecule has 0 saturated carbocycles. The molecule has 1 heterocycles. The molecule has 18 heavy (non-hydrogen) atoms. The Morgan fingerprint density at radius 2 is 2.22 bits per heavy atom. The van der Waals surface area contributed by atoms with Gasteiger partial charge in [0.2, 0.25) is 0 Å². The van der Waals surface area contributed by atoms with Crippen LogP contribution in [0.25, 0.3) is 0 Å². The second-order valence-corrected chi connectivity index (χ2v) is 4.66. The van der Waals surface area contributed by atoms with Crippen LogP contribution in [0.1, 0.15) is 11.3 Å². The lowest BCUT2D eigenvalue weighted by molar-refractivity contribution is 0.513. The van der Waals surface area contributed by atoms with Crippen LogP contribution < -0.4 is 11.1 Å². The molecule has 1 aromatic heterocycles. The third kappa shape index (κ3) is 3.24. The summed E-state index contributed by atoms with van der Waals surface area (Å²) in [6, 6.07) is 9.37. The molecule has 0 fully saturated rings. The molecule has 0 saturated heterocycles. The van der Waals surface area contributed by atoms with E-state index in [-0.39, 0.29) is 0 Å². The Hall–Kier alpha value is -1.52. The normalized spacial score (nSPS) is 10.3. The maximum absolute atomic E-state index is 6.08. The molecule has 5 heteroatoms. The second kappa shape index (κ2) is 5.89. The summed E-state index contributed by atoms with van der Waals surface area (Å²) in [5.41, 5.74) is 7.18. The van der Waals surface area contributed by atoms with E-state index in [2.05, 4.69) is 5.32 Å². The van der Waals surface area contributed by atoms with Crippen molar-refractivity contribution in [2.45, 2.75) is 6.42 Å². The Labute approximate surface area is 116 Å². The predicted octanol–water partition coefficient (Wildman–Crippen LogP) is 3.22. The van der Waals surface area contributed by atoms with E-state index < -0.39 is 0 Å². The summed E-state index contributed by atoms with van der Waals surface area (Å²) in [7, 11) is 0. The van der Waals surface area contributed by atoms with Crippen LogP contribution in [0.5, 0.6) is 0 Å². The number of furan rings is 1. The van der Waals surface area contributed by atoms with Gasteiger partial charge in [-0.05, 0) is 30.3 Å². The smallest absolute Gasteiger partial charge is 0.105 e. The van der Waals surface area contributed by atoms with Crippen LogP contribution in [-0.2, 0) is 6.42 Å². The average molecular weight is 281 g/mol. The van der Waals surface area contributed by atoms with Crippen molar-refractivity contribution in [1.82, 2.24) is 0 Å². The van der Waals surface area contributed by atoms with Crippen molar-refractivity contribution in [3.8, 4) is 0 Å². The molecule has 2 rings (SSSR count). The standard InChI is InChI=1S/C13H13ClN2OS/c14-12-8-9(3-4-11(12)13(15)18)16-6-5-10-2-1-7-17-10/h1-4,7-8,16H,5-6H2,(H2,15,18). The highest BCUT2D eigenvalue weighted by molar-refractivity contribution is 7.80. The van der Waals surface area contributed by atoms with Crippen molar-refractivity contribution in [1.29, 1.82) is 0 Å². The first-order valence-corrected chi connectivity index (χ1v) is 6.31. The summed E-state index contributed by atoms with van der Waals surface area (Å²) in [4.78, 5) is 0.308. The second-order valence-electron chi connectivity index (χ2n) is 3.82. The van der Waals surface area contributed by atoms with Gasteiger partial charge in [0.25, 0.3) is 0 Å². The molecule has 0 radical (unpaired) electrons. The summed E-state index contributed by atoms with van der Waals surface area (Å²) in [5, 5.41) is 3.82. The van der Waals surface area contributed by atoms with Crippen LogP contribution in [-0.4, -0.2) is 11.5 Å². The van der Waals surface area contributed by atoms with E-state index in [0.29, 0.717) is 15.6 Å². The van der Waals surface area contributed by atoms with E-state index in [1.54, 1.807) is 6.26 Å². The molecular weight excluding hydrogens is 268 g/mol. The van der Waals surface area contributed by atoms with Crippen molar-refractivity contribution >= 4 is 34.5 Å². The number of anilines is 1. The van der Waals surface area contributed by atoms with Crippen LogP contribution in [0.15, 0.2) is 41.0 Å². The van der Waals surface area contributed by atoms with Crippen molar-refractivity contribution in [2.24, 2.45) is 5.73 Å². The quantitative estimate of drug-likeness (QED) is 0.826. The maximum atomic E-state index is 6.08. The largest absolute Gasteiger partial charge is 0.469 e. The fourth-order valence-electron chi connectivity index (χ4n) is 1.61. The van der Waals surface area contributed by atoms with E-state index in [4.69, 9.17) is 34.0 Å². The van der Waals surface area contributed by atoms with Gasteiger partial charge < -0.3 is 15.5 Å². The lowest BCUT2D eigenvalue weighted by Gasteiger charge is -2.08. The van der Waals surface area contributed by atoms with Crippen molar-refractivity contribution in [2.75, 3.05) is 11.9 Å². The Morgan fingerprint density at radius 3 is 2.83 bits per heavy atom. The summed E-state index contributed by atoms with van der Waals surface area (Å²) in [6.07, 6.45) is 2.49. The van der Waals surface area contributed by atoms with E-state index in [1.807, 2.05) is 30.3 Å². The SMILES string of the molecule is NC(=S)c1ccc(NCCc2ccco2)cc1Cl. The Bertz CT molecular complexity index is 540. The first-order valence-electron chi connectivity index (χ1n) is 5.52. The molecular formula is C13H13ClN2OS. The zero-order valence-electron chi connectivity index (χ0n) is 9.65. The van der Waals surface area contributed by atoms with Gasteiger partial charge in [-0.3, -0.25) is 0 Å². The molecule has 1 aromatic carbocycles. The molecule has 0 amide bonds. The van der Waals surface area contributed by atoms with Gasteiger partial charge in [-0.25, -0.2) is 0 Å². The Morgan fingerprint density at radius 1 is 1.39 bits per heavy atom. The van der Waals surface area contributed by atoms with Gasteiger partial charge in [-0.2, -0.15) is 0 Å². The summed E-state index contributed by atoms with van der Waals surface area (Å²) in [5.74, 6) is 0.952. The first kappa shape index (κ1) is 12.9. The highest BCUT2D eigenvalue weighted by atomic mass is 35.5. The summed E-state index contributed by atoms with van der Waals surface area (Å²) < 4.78 is 5.25. The van der Waals surface area contributed by atoms with Gasteiger partial charge in [0, 0.05) is 24.2 Å². The summed E-state index contributed by atoms with van der Waals surface area (Å²) >= 11 is 11.0. The molecule has 0 aliphatic carbocycles. The topological polar surface area (TPSA) is 51.2 Å². The fraction of sp³-hybridized carbons (Fsp3) is 0.154. The highest BCUT2D eigenvalue weighted by Crippen LogP contribution is 2.20. The molecule has 0 bridgehead atoms. The van der Waals surface area contributed by atoms with Crippen LogP contribution in [0.3, 0.4) is 0 Å². The monoisotopic (exact) mass is 280 g/mol. The minimum absolute atomic E-state index is 0.308. The Kier molecular flexibility index (Phi) is 4.23. The molecule has 3 nitrogen and oxygen atoms in total. The number of rotatable bonds is 5. The zero-order chi connectivity index (χ0) is 13.0. The third-order valence-electron chi connectivity index (χ3n) is 2.52. The van der Waals surface area contributed by atoms with E-state index in [9.17, 15) is 0 Å². The lowest BCUT2D eigenvalue weighted by atomic mass is 10.2. The molecule has 0 aliphatic rings. The van der Waals surface area contributed by atoms with Crippen molar-refractivity contribution in [3.63, 3.8) is 0 Å². The molecule has 2 aromatic rings. The molecule has 3 N–H and O–H groups in total. The number of nitrogens with two attached hydrogens (primary N) is 1. The summed E-state index contributed by atoms with van der Waals surface area (Å²) in [6.45, 7) is 0.774. The van der Waals surface area contributed by atoms with Crippen molar-refractivity contribution in [3.05, 3.63) is 52.9 Å². The average Bonchev–Trinajstić information content (AvgIpc) is 2.81. The molecule has 0 aliphatic heterocycles. The highest BCUT2D eigenvalue weighted by Gasteiger charge is 2.04. The van der Waals surface area contributed by atoms with Crippen LogP contribution in [0.4, 0.5) is 5.69 Å². The van der Waals surface area contributed by atoms with Gasteiger partial charge in [-0.15, -0.1) is 0 Å². The number of thiocarbonyl (C=S) groups is 1. The maximum Gasteiger partial charge on any atom is 0.105 e. The number of hydrogen-bond acceptors (Lipinski definition) is 3. The number of benzene rings is 1. The predicted molar refractivity (Wildman–Crippen MR) is 78.2 cm³/mol. The lowest BCUT2D eigenvalue weighted by Crippen LogP contribution is -2.10. The minimum atomic E-state index is 0.308. The Balaban J connectivity index is 1.94. The molecule has 0 unspecified atom stereocenters. The molecule has 0 spiro atoms. The number of hydrogen-bond donors (Lipinski definition) is 2. The van der Waals surface area contributed by atoms with E-state index in [0.717, 1.165) is 24.4 Å². The zero-order valence-corrected chi connectivity index (χ0v) is 11.2. The third-order valence-corrected chi connectivity index (χ3v) is 3.05.